The van der Waals surface area contributed by atoms with Gasteiger partial charge in [-0.3, -0.25) is 14.5 Å². The van der Waals surface area contributed by atoms with E-state index in [-0.39, 0.29) is 23.4 Å². The first-order chi connectivity index (χ1) is 15.1. The second kappa shape index (κ2) is 9.57. The summed E-state index contributed by atoms with van der Waals surface area (Å²) in [5, 5.41) is 2.74. The van der Waals surface area contributed by atoms with Crippen molar-refractivity contribution < 1.29 is 18.4 Å². The number of amides is 2. The molecule has 2 aromatic carbocycles. The Balaban J connectivity index is 1.32. The highest BCUT2D eigenvalue weighted by Gasteiger charge is 2.20. The van der Waals surface area contributed by atoms with Gasteiger partial charge < -0.3 is 14.6 Å². The molecule has 1 aliphatic rings. The molecule has 31 heavy (non-hydrogen) atoms. The predicted octanol–water partition coefficient (Wildman–Crippen LogP) is 4.02. The normalized spacial score (nSPS) is 14.8. The Kier molecular flexibility index (Phi) is 6.43. The van der Waals surface area contributed by atoms with E-state index in [2.05, 4.69) is 10.2 Å². The Morgan fingerprint density at radius 2 is 1.71 bits per heavy atom. The molecule has 0 bridgehead atoms. The number of halogens is 1. The highest BCUT2D eigenvalue weighted by Crippen LogP contribution is 2.16. The van der Waals surface area contributed by atoms with E-state index in [4.69, 9.17) is 4.42 Å². The standard InChI is InChI=1S/C24H24FN3O3/c25-20-8-4-18(5-9-20)17-27-12-2-13-28(15-14-27)24(30)19-6-10-21(11-7-19)26-23(29)22-3-1-16-31-22/h1,3-11,16H,2,12-15,17H2,(H,26,29). The van der Waals surface area contributed by atoms with E-state index < -0.39 is 0 Å². The number of carbonyl (C=O) groups is 2. The number of furan rings is 1. The van der Waals surface area contributed by atoms with E-state index in [0.717, 1.165) is 31.6 Å². The number of hydrogen-bond acceptors (Lipinski definition) is 4. The highest BCUT2D eigenvalue weighted by atomic mass is 19.1. The Hall–Kier alpha value is -3.45. The molecule has 3 aromatic rings. The van der Waals surface area contributed by atoms with Crippen LogP contribution in [0.15, 0.2) is 71.3 Å². The number of hydrogen-bond donors (Lipinski definition) is 1. The van der Waals surface area contributed by atoms with E-state index in [1.165, 1.54) is 18.4 Å². The van der Waals surface area contributed by atoms with E-state index in [1.807, 2.05) is 4.90 Å². The third-order valence-electron chi connectivity index (χ3n) is 5.33. The number of nitrogens with zero attached hydrogens (tertiary/aromatic N) is 2. The molecule has 7 heteroatoms. The minimum atomic E-state index is -0.335. The highest BCUT2D eigenvalue weighted by molar-refractivity contribution is 6.02. The van der Waals surface area contributed by atoms with E-state index in [0.29, 0.717) is 24.3 Å². The largest absolute Gasteiger partial charge is 0.459 e. The summed E-state index contributed by atoms with van der Waals surface area (Å²) in [5.74, 6) is -0.358. The van der Waals surface area contributed by atoms with Gasteiger partial charge in [0.1, 0.15) is 5.82 Å². The van der Waals surface area contributed by atoms with Crippen LogP contribution in [0, 0.1) is 5.82 Å². The molecule has 6 nitrogen and oxygen atoms in total. The van der Waals surface area contributed by atoms with Gasteiger partial charge in [0, 0.05) is 44.0 Å². The van der Waals surface area contributed by atoms with Crippen molar-refractivity contribution in [3.05, 3.63) is 89.6 Å². The molecule has 2 amide bonds. The summed E-state index contributed by atoms with van der Waals surface area (Å²) in [5.41, 5.74) is 2.25. The van der Waals surface area contributed by atoms with Crippen molar-refractivity contribution in [2.45, 2.75) is 13.0 Å². The fourth-order valence-electron chi connectivity index (χ4n) is 3.66. The van der Waals surface area contributed by atoms with Crippen molar-refractivity contribution in [3.63, 3.8) is 0 Å². The zero-order chi connectivity index (χ0) is 21.6. The Morgan fingerprint density at radius 3 is 2.42 bits per heavy atom. The maximum Gasteiger partial charge on any atom is 0.291 e. The van der Waals surface area contributed by atoms with Crippen molar-refractivity contribution in [3.8, 4) is 0 Å². The fraction of sp³-hybridized carbons (Fsp3) is 0.250. The molecule has 1 aliphatic heterocycles. The van der Waals surface area contributed by atoms with Crippen molar-refractivity contribution in [2.24, 2.45) is 0 Å². The molecular weight excluding hydrogens is 397 g/mol. The van der Waals surface area contributed by atoms with Crippen LogP contribution in [0.2, 0.25) is 0 Å². The molecule has 0 atom stereocenters. The molecular formula is C24H24FN3O3. The second-order valence-electron chi connectivity index (χ2n) is 7.56. The van der Waals surface area contributed by atoms with Crippen LogP contribution in [0.3, 0.4) is 0 Å². The quantitative estimate of drug-likeness (QED) is 0.676. The smallest absolute Gasteiger partial charge is 0.291 e. The lowest BCUT2D eigenvalue weighted by Gasteiger charge is -2.22. The van der Waals surface area contributed by atoms with Crippen LogP contribution >= 0.6 is 0 Å². The lowest BCUT2D eigenvalue weighted by molar-refractivity contribution is 0.0761. The van der Waals surface area contributed by atoms with Crippen LogP contribution in [0.5, 0.6) is 0 Å². The zero-order valence-electron chi connectivity index (χ0n) is 17.1. The summed E-state index contributed by atoms with van der Waals surface area (Å²) in [7, 11) is 0. The summed E-state index contributed by atoms with van der Waals surface area (Å²) in [6.45, 7) is 3.72. The zero-order valence-corrected chi connectivity index (χ0v) is 17.1. The molecule has 2 heterocycles. The Labute approximate surface area is 180 Å². The van der Waals surface area contributed by atoms with Crippen LogP contribution in [-0.2, 0) is 6.54 Å². The minimum Gasteiger partial charge on any atom is -0.459 e. The van der Waals surface area contributed by atoms with Crippen molar-refractivity contribution in [2.75, 3.05) is 31.5 Å². The minimum absolute atomic E-state index is 0.0208. The maximum atomic E-state index is 13.1. The SMILES string of the molecule is O=C(Nc1ccc(C(=O)N2CCCN(Cc3ccc(F)cc3)CC2)cc1)c1ccco1. The Bertz CT molecular complexity index is 1020. The summed E-state index contributed by atoms with van der Waals surface area (Å²) in [4.78, 5) is 29.1. The molecule has 4 rings (SSSR count). The number of carbonyl (C=O) groups excluding carboxylic acids is 2. The Morgan fingerprint density at radius 1 is 0.935 bits per heavy atom. The van der Waals surface area contributed by atoms with Gasteiger partial charge in [0.15, 0.2) is 5.76 Å². The molecule has 1 aromatic heterocycles. The van der Waals surface area contributed by atoms with Gasteiger partial charge in [-0.2, -0.15) is 0 Å². The molecule has 0 aliphatic carbocycles. The van der Waals surface area contributed by atoms with Gasteiger partial charge in [-0.15, -0.1) is 0 Å². The number of anilines is 1. The van der Waals surface area contributed by atoms with Gasteiger partial charge >= 0.3 is 0 Å². The van der Waals surface area contributed by atoms with Crippen molar-refractivity contribution in [1.29, 1.82) is 0 Å². The third-order valence-corrected chi connectivity index (χ3v) is 5.33. The van der Waals surface area contributed by atoms with E-state index >= 15 is 0 Å². The lowest BCUT2D eigenvalue weighted by atomic mass is 10.1. The van der Waals surface area contributed by atoms with Crippen LogP contribution < -0.4 is 5.32 Å². The lowest BCUT2D eigenvalue weighted by Crippen LogP contribution is -2.35. The second-order valence-corrected chi connectivity index (χ2v) is 7.56. The topological polar surface area (TPSA) is 65.8 Å². The first-order valence-electron chi connectivity index (χ1n) is 10.3. The van der Waals surface area contributed by atoms with Crippen LogP contribution in [-0.4, -0.2) is 47.8 Å². The summed E-state index contributed by atoms with van der Waals surface area (Å²) in [6, 6.07) is 16.7. The third kappa shape index (κ3) is 5.38. The monoisotopic (exact) mass is 421 g/mol. The molecule has 1 N–H and O–H groups in total. The van der Waals surface area contributed by atoms with Crippen molar-refractivity contribution >= 4 is 17.5 Å². The molecule has 0 spiro atoms. The average Bonchev–Trinajstić information content (AvgIpc) is 3.23. The number of nitrogens with one attached hydrogen (secondary N) is 1. The van der Waals surface area contributed by atoms with Gasteiger partial charge in [-0.1, -0.05) is 12.1 Å². The number of benzene rings is 2. The van der Waals surface area contributed by atoms with Gasteiger partial charge in [-0.25, -0.2) is 4.39 Å². The average molecular weight is 421 g/mol. The summed E-state index contributed by atoms with van der Waals surface area (Å²) < 4.78 is 18.2. The van der Waals surface area contributed by atoms with Crippen LogP contribution in [0.25, 0.3) is 0 Å². The first-order valence-corrected chi connectivity index (χ1v) is 10.3. The van der Waals surface area contributed by atoms with Crippen molar-refractivity contribution in [1.82, 2.24) is 9.80 Å². The summed E-state index contributed by atoms with van der Waals surface area (Å²) in [6.07, 6.45) is 2.32. The fourth-order valence-corrected chi connectivity index (χ4v) is 3.66. The van der Waals surface area contributed by atoms with Gasteiger partial charge in [0.25, 0.3) is 11.8 Å². The summed E-state index contributed by atoms with van der Waals surface area (Å²) >= 11 is 0. The van der Waals surface area contributed by atoms with Crippen LogP contribution in [0.1, 0.15) is 32.9 Å². The molecule has 1 fully saturated rings. The molecule has 160 valence electrons. The number of rotatable bonds is 5. The van der Waals surface area contributed by atoms with E-state index in [1.54, 1.807) is 48.5 Å². The first kappa shape index (κ1) is 20.8. The molecule has 1 saturated heterocycles. The van der Waals surface area contributed by atoms with Crippen LogP contribution in [0.4, 0.5) is 10.1 Å². The predicted molar refractivity (Wildman–Crippen MR) is 115 cm³/mol. The molecule has 0 radical (unpaired) electrons. The molecule has 0 saturated carbocycles. The maximum absolute atomic E-state index is 13.1. The van der Waals surface area contributed by atoms with Gasteiger partial charge in [-0.05, 0) is 60.5 Å². The van der Waals surface area contributed by atoms with Gasteiger partial charge in [0.2, 0.25) is 0 Å². The molecule has 0 unspecified atom stereocenters. The van der Waals surface area contributed by atoms with Gasteiger partial charge in [0.05, 0.1) is 6.26 Å². The van der Waals surface area contributed by atoms with E-state index in [9.17, 15) is 14.0 Å².